The number of amides is 1. The fourth-order valence-electron chi connectivity index (χ4n) is 6.97. The second-order valence-corrected chi connectivity index (χ2v) is 18.4. The summed E-state index contributed by atoms with van der Waals surface area (Å²) in [4.78, 5) is 40.7. The number of hydrogen-bond acceptors (Lipinski definition) is 5. The first-order valence-electron chi connectivity index (χ1n) is 16.9. The maximum absolute atomic E-state index is 13.8. The summed E-state index contributed by atoms with van der Waals surface area (Å²) in [5.41, 5.74) is 0.0951. The minimum absolute atomic E-state index is 0.00334. The average Bonchev–Trinajstić information content (AvgIpc) is 3.11. The van der Waals surface area contributed by atoms with E-state index in [0.717, 1.165) is 11.8 Å². The third-order valence-electron chi connectivity index (χ3n) is 9.67. The molecule has 7 heteroatoms. The van der Waals surface area contributed by atoms with Crippen molar-refractivity contribution in [3.05, 3.63) is 109 Å². The maximum atomic E-state index is 13.8. The number of ketones is 1. The first-order chi connectivity index (χ1) is 22.5. The first kappa shape index (κ1) is 36.0. The summed E-state index contributed by atoms with van der Waals surface area (Å²) >= 11 is 0. The number of aldehydes is 1. The SMILES string of the molecule is CC1/C=C\C(=O)[C@](C)(CCC=O)[C@H](CCCO[Si](c2ccccc2)(c2ccccc2)C(C)(C)C)CN(C(=O)OCc2ccccc2)C1. The molecule has 1 aliphatic rings. The Balaban J connectivity index is 1.60. The Morgan fingerprint density at radius 2 is 1.51 bits per heavy atom. The second-order valence-electron chi connectivity index (χ2n) is 14.1. The molecule has 4 rings (SSSR count). The Morgan fingerprint density at radius 3 is 2.06 bits per heavy atom. The van der Waals surface area contributed by atoms with E-state index in [9.17, 15) is 14.4 Å². The Kier molecular flexibility index (Phi) is 12.5. The molecule has 3 aromatic carbocycles. The van der Waals surface area contributed by atoms with Crippen LogP contribution in [0, 0.1) is 17.3 Å². The molecule has 1 aliphatic heterocycles. The lowest BCUT2D eigenvalue weighted by molar-refractivity contribution is -0.127. The van der Waals surface area contributed by atoms with Crippen LogP contribution in [0.5, 0.6) is 0 Å². The van der Waals surface area contributed by atoms with E-state index in [-0.39, 0.29) is 35.7 Å². The molecular formula is C40H51NO5Si. The molecule has 0 aromatic heterocycles. The van der Waals surface area contributed by atoms with Gasteiger partial charge in [0, 0.05) is 31.5 Å². The van der Waals surface area contributed by atoms with E-state index < -0.39 is 19.8 Å². The molecule has 6 nitrogen and oxygen atoms in total. The van der Waals surface area contributed by atoms with E-state index in [4.69, 9.17) is 9.16 Å². The van der Waals surface area contributed by atoms with Gasteiger partial charge < -0.3 is 18.9 Å². The predicted molar refractivity (Wildman–Crippen MR) is 191 cm³/mol. The Morgan fingerprint density at radius 1 is 0.936 bits per heavy atom. The van der Waals surface area contributed by atoms with Crippen molar-refractivity contribution < 1.29 is 23.5 Å². The molecular weight excluding hydrogens is 603 g/mol. The minimum Gasteiger partial charge on any atom is -0.445 e. The maximum Gasteiger partial charge on any atom is 0.410 e. The largest absolute Gasteiger partial charge is 0.445 e. The zero-order valence-electron chi connectivity index (χ0n) is 28.7. The molecule has 1 amide bonds. The van der Waals surface area contributed by atoms with Gasteiger partial charge in [0.1, 0.15) is 12.9 Å². The van der Waals surface area contributed by atoms with Gasteiger partial charge in [-0.2, -0.15) is 0 Å². The van der Waals surface area contributed by atoms with Crippen LogP contribution in [0.25, 0.3) is 0 Å². The highest BCUT2D eigenvalue weighted by Gasteiger charge is 2.50. The van der Waals surface area contributed by atoms with Crippen LogP contribution in [0.3, 0.4) is 0 Å². The van der Waals surface area contributed by atoms with Crippen LogP contribution in [0.4, 0.5) is 4.79 Å². The summed E-state index contributed by atoms with van der Waals surface area (Å²) in [5.74, 6) is -0.226. The van der Waals surface area contributed by atoms with Crippen LogP contribution >= 0.6 is 0 Å². The quantitative estimate of drug-likeness (QED) is 0.116. The van der Waals surface area contributed by atoms with E-state index in [0.29, 0.717) is 39.0 Å². The summed E-state index contributed by atoms with van der Waals surface area (Å²) in [6, 6.07) is 30.8. The first-order valence-corrected chi connectivity index (χ1v) is 18.8. The average molecular weight is 654 g/mol. The Bertz CT molecular complexity index is 1430. The van der Waals surface area contributed by atoms with Gasteiger partial charge in [0.15, 0.2) is 5.78 Å². The number of carbonyl (C=O) groups excluding carboxylic acids is 3. The van der Waals surface area contributed by atoms with Crippen LogP contribution in [-0.4, -0.2) is 51.1 Å². The number of benzene rings is 3. The molecule has 0 fully saturated rings. The summed E-state index contributed by atoms with van der Waals surface area (Å²) in [7, 11) is -2.72. The van der Waals surface area contributed by atoms with Crippen molar-refractivity contribution in [2.75, 3.05) is 19.7 Å². The topological polar surface area (TPSA) is 72.9 Å². The van der Waals surface area contributed by atoms with Crippen LogP contribution in [0.15, 0.2) is 103 Å². The van der Waals surface area contributed by atoms with E-state index >= 15 is 0 Å². The number of hydrogen-bond donors (Lipinski definition) is 0. The van der Waals surface area contributed by atoms with Crippen molar-refractivity contribution in [2.24, 2.45) is 17.3 Å². The summed E-state index contributed by atoms with van der Waals surface area (Å²) in [5, 5.41) is 2.29. The van der Waals surface area contributed by atoms with Gasteiger partial charge in [-0.05, 0) is 58.1 Å². The number of carbonyl (C=O) groups is 3. The normalized spacial score (nSPS) is 21.3. The Labute approximate surface area is 282 Å². The van der Waals surface area contributed by atoms with Gasteiger partial charge in [-0.15, -0.1) is 0 Å². The monoisotopic (exact) mass is 653 g/mol. The minimum atomic E-state index is -2.72. The van der Waals surface area contributed by atoms with Crippen LogP contribution < -0.4 is 10.4 Å². The fraction of sp³-hybridized carbons (Fsp3) is 0.425. The molecule has 1 unspecified atom stereocenters. The molecule has 47 heavy (non-hydrogen) atoms. The van der Waals surface area contributed by atoms with E-state index in [1.165, 1.54) is 10.4 Å². The van der Waals surface area contributed by atoms with Gasteiger partial charge >= 0.3 is 6.09 Å². The smallest absolute Gasteiger partial charge is 0.410 e. The van der Waals surface area contributed by atoms with Gasteiger partial charge in [-0.25, -0.2) is 4.79 Å². The summed E-state index contributed by atoms with van der Waals surface area (Å²) in [6.07, 6.45) is 6.09. The second kappa shape index (κ2) is 16.3. The molecule has 3 atom stereocenters. The van der Waals surface area contributed by atoms with Crippen LogP contribution in [-0.2, 0) is 25.4 Å². The lowest BCUT2D eigenvalue weighted by Gasteiger charge is -2.43. The molecule has 3 aromatic rings. The highest BCUT2D eigenvalue weighted by Crippen LogP contribution is 2.40. The number of rotatable bonds is 12. The zero-order chi connectivity index (χ0) is 33.9. The standard InChI is InChI=1S/C40H51NO5Si/c1-32-24-25-37(43)40(5,26-16-27-42)34(30-41(29-32)38(44)45-31-33-17-9-6-10-18-33)19-15-28-46-47(39(2,3)4,35-20-11-7-12-21-35)36-22-13-8-14-23-36/h6-14,17-18,20-25,27,32,34H,15-16,19,26,28-31H2,1-5H3/b25-24-/t32?,34-,40-/m1/s1. The van der Waals surface area contributed by atoms with E-state index in [1.54, 1.807) is 11.0 Å². The number of nitrogens with zero attached hydrogens (tertiary/aromatic N) is 1. The number of allylic oxidation sites excluding steroid dienone is 1. The molecule has 0 spiro atoms. The predicted octanol–water partition coefficient (Wildman–Crippen LogP) is 7.36. The lowest BCUT2D eigenvalue weighted by Crippen LogP contribution is -2.66. The van der Waals surface area contributed by atoms with Crippen molar-refractivity contribution >= 4 is 36.9 Å². The third-order valence-corrected chi connectivity index (χ3v) is 14.7. The zero-order valence-corrected chi connectivity index (χ0v) is 29.7. The molecule has 0 radical (unpaired) electrons. The number of ether oxygens (including phenoxy) is 1. The van der Waals surface area contributed by atoms with Crippen molar-refractivity contribution in [1.29, 1.82) is 0 Å². The van der Waals surface area contributed by atoms with Gasteiger partial charge in [-0.1, -0.05) is 132 Å². The summed E-state index contributed by atoms with van der Waals surface area (Å²) < 4.78 is 13.0. The van der Waals surface area contributed by atoms with Gasteiger partial charge in [0.2, 0.25) is 0 Å². The van der Waals surface area contributed by atoms with Crippen molar-refractivity contribution in [3.8, 4) is 0 Å². The summed E-state index contributed by atoms with van der Waals surface area (Å²) in [6.45, 7) is 12.2. The molecule has 250 valence electrons. The molecule has 0 saturated heterocycles. The van der Waals surface area contributed by atoms with Crippen molar-refractivity contribution in [2.45, 2.75) is 71.9 Å². The highest BCUT2D eigenvalue weighted by molar-refractivity contribution is 6.99. The van der Waals surface area contributed by atoms with E-state index in [2.05, 4.69) is 69.3 Å². The van der Waals surface area contributed by atoms with Crippen LogP contribution in [0.2, 0.25) is 5.04 Å². The van der Waals surface area contributed by atoms with Crippen LogP contribution in [0.1, 0.15) is 65.9 Å². The molecule has 0 saturated carbocycles. The van der Waals surface area contributed by atoms with Gasteiger partial charge in [0.05, 0.1) is 0 Å². The van der Waals surface area contributed by atoms with Crippen molar-refractivity contribution in [3.63, 3.8) is 0 Å². The van der Waals surface area contributed by atoms with E-state index in [1.807, 2.05) is 62.4 Å². The molecule has 0 bridgehead atoms. The molecule has 0 aliphatic carbocycles. The van der Waals surface area contributed by atoms with Crippen molar-refractivity contribution in [1.82, 2.24) is 4.90 Å². The Hall–Kier alpha value is -3.81. The molecule has 0 N–H and O–H groups in total. The molecule has 1 heterocycles. The fourth-order valence-corrected chi connectivity index (χ4v) is 11.6. The highest BCUT2D eigenvalue weighted by atomic mass is 28.4. The van der Waals surface area contributed by atoms with Gasteiger partial charge in [-0.3, -0.25) is 4.79 Å². The third kappa shape index (κ3) is 8.76. The lowest BCUT2D eigenvalue weighted by atomic mass is 9.68. The van der Waals surface area contributed by atoms with Gasteiger partial charge in [0.25, 0.3) is 8.32 Å².